The topological polar surface area (TPSA) is 54.9 Å². The molecule has 0 unspecified atom stereocenters. The van der Waals surface area contributed by atoms with Gasteiger partial charge in [-0.3, -0.25) is 4.79 Å². The Hall–Kier alpha value is -3.25. The third-order valence-corrected chi connectivity index (χ3v) is 5.54. The van der Waals surface area contributed by atoms with E-state index in [0.717, 1.165) is 22.0 Å². The van der Waals surface area contributed by atoms with Gasteiger partial charge in [-0.1, -0.05) is 72.4 Å². The van der Waals surface area contributed by atoms with E-state index in [1.807, 2.05) is 54.6 Å². The van der Waals surface area contributed by atoms with Gasteiger partial charge < -0.3 is 5.32 Å². The monoisotopic (exact) mass is 403 g/mol. The van der Waals surface area contributed by atoms with Gasteiger partial charge in [0.05, 0.1) is 5.25 Å². The summed E-state index contributed by atoms with van der Waals surface area (Å²) in [6.07, 6.45) is 0. The summed E-state index contributed by atoms with van der Waals surface area (Å²) in [6.45, 7) is 1.79. The van der Waals surface area contributed by atoms with Crippen molar-refractivity contribution in [1.82, 2.24) is 10.2 Å². The Morgan fingerprint density at radius 1 is 0.931 bits per heavy atom. The molecule has 0 fully saturated rings. The molecule has 0 radical (unpaired) electrons. The highest BCUT2D eigenvalue weighted by Gasteiger charge is 2.19. The highest BCUT2D eigenvalue weighted by molar-refractivity contribution is 8.00. The van der Waals surface area contributed by atoms with Crippen LogP contribution < -0.4 is 5.32 Å². The number of nitrogens with zero attached hydrogens (tertiary/aromatic N) is 2. The molecular weight excluding hydrogens is 385 g/mol. The summed E-state index contributed by atoms with van der Waals surface area (Å²) in [7, 11) is 0. The molecule has 144 valence electrons. The molecule has 4 rings (SSSR count). The van der Waals surface area contributed by atoms with E-state index >= 15 is 0 Å². The van der Waals surface area contributed by atoms with Crippen molar-refractivity contribution in [2.24, 2.45) is 0 Å². The third-order valence-electron chi connectivity index (χ3n) is 4.45. The molecule has 1 N–H and O–H groups in total. The molecule has 1 atom stereocenters. The van der Waals surface area contributed by atoms with Crippen LogP contribution in [0.2, 0.25) is 0 Å². The Morgan fingerprint density at radius 3 is 2.41 bits per heavy atom. The Balaban J connectivity index is 1.60. The number of aromatic nitrogens is 2. The minimum Gasteiger partial charge on any atom is -0.325 e. The second-order valence-electron chi connectivity index (χ2n) is 6.53. The summed E-state index contributed by atoms with van der Waals surface area (Å²) in [5, 5.41) is 13.7. The van der Waals surface area contributed by atoms with Gasteiger partial charge in [0.2, 0.25) is 5.91 Å². The molecule has 6 heteroatoms. The zero-order chi connectivity index (χ0) is 20.2. The van der Waals surface area contributed by atoms with Crippen molar-refractivity contribution < 1.29 is 9.18 Å². The van der Waals surface area contributed by atoms with Crippen LogP contribution >= 0.6 is 11.8 Å². The molecule has 0 aliphatic heterocycles. The van der Waals surface area contributed by atoms with Crippen LogP contribution in [-0.2, 0) is 4.79 Å². The van der Waals surface area contributed by atoms with E-state index in [1.54, 1.807) is 19.1 Å². The van der Waals surface area contributed by atoms with Crippen LogP contribution in [0.5, 0.6) is 0 Å². The molecule has 0 saturated heterocycles. The lowest BCUT2D eigenvalue weighted by Gasteiger charge is -2.14. The zero-order valence-electron chi connectivity index (χ0n) is 15.7. The lowest BCUT2D eigenvalue weighted by Crippen LogP contribution is -2.22. The summed E-state index contributed by atoms with van der Waals surface area (Å²) in [5.41, 5.74) is 2.23. The molecule has 0 aliphatic rings. The van der Waals surface area contributed by atoms with Gasteiger partial charge in [0, 0.05) is 22.0 Å². The minimum atomic E-state index is -0.432. The molecule has 4 aromatic rings. The zero-order valence-corrected chi connectivity index (χ0v) is 16.5. The number of hydrogen-bond acceptors (Lipinski definition) is 4. The first-order chi connectivity index (χ1) is 14.1. The van der Waals surface area contributed by atoms with E-state index in [0.29, 0.717) is 10.7 Å². The summed E-state index contributed by atoms with van der Waals surface area (Å²) < 4.78 is 13.3. The first kappa shape index (κ1) is 19.1. The molecule has 0 spiro atoms. The van der Waals surface area contributed by atoms with Crippen LogP contribution in [0.3, 0.4) is 0 Å². The van der Waals surface area contributed by atoms with Crippen molar-refractivity contribution in [2.75, 3.05) is 5.32 Å². The molecular formula is C23H18FN3OS. The van der Waals surface area contributed by atoms with Gasteiger partial charge in [-0.05, 0) is 25.1 Å². The molecule has 1 aromatic heterocycles. The molecule has 0 saturated carbocycles. The Kier molecular flexibility index (Phi) is 5.53. The molecule has 29 heavy (non-hydrogen) atoms. The van der Waals surface area contributed by atoms with Crippen molar-refractivity contribution in [3.63, 3.8) is 0 Å². The number of anilines is 1. The Labute approximate surface area is 172 Å². The Bertz CT molecular complexity index is 1170. The highest BCUT2D eigenvalue weighted by Crippen LogP contribution is 2.33. The number of hydrogen-bond donors (Lipinski definition) is 1. The van der Waals surface area contributed by atoms with E-state index in [9.17, 15) is 9.18 Å². The molecule has 0 aliphatic carbocycles. The molecule has 1 amide bonds. The third kappa shape index (κ3) is 4.27. The maximum Gasteiger partial charge on any atom is 0.237 e. The SMILES string of the molecule is C[C@@H](Sc1nnc(-c2ccccc2)c2ccccc12)C(=O)Nc1cccc(F)c1. The number of halogens is 1. The average molecular weight is 403 g/mol. The van der Waals surface area contributed by atoms with Crippen molar-refractivity contribution in [2.45, 2.75) is 17.2 Å². The average Bonchev–Trinajstić information content (AvgIpc) is 2.74. The van der Waals surface area contributed by atoms with Crippen LogP contribution in [0.1, 0.15) is 6.92 Å². The van der Waals surface area contributed by atoms with Gasteiger partial charge in [0.25, 0.3) is 0 Å². The molecule has 4 nitrogen and oxygen atoms in total. The van der Waals surface area contributed by atoms with Crippen LogP contribution in [0.25, 0.3) is 22.0 Å². The van der Waals surface area contributed by atoms with E-state index in [4.69, 9.17) is 0 Å². The smallest absolute Gasteiger partial charge is 0.237 e. The second kappa shape index (κ2) is 8.41. The second-order valence-corrected chi connectivity index (χ2v) is 7.85. The van der Waals surface area contributed by atoms with Crippen molar-refractivity contribution in [3.8, 4) is 11.3 Å². The van der Waals surface area contributed by atoms with Crippen molar-refractivity contribution in [1.29, 1.82) is 0 Å². The first-order valence-corrected chi connectivity index (χ1v) is 10.0. The first-order valence-electron chi connectivity index (χ1n) is 9.16. The summed E-state index contributed by atoms with van der Waals surface area (Å²) in [4.78, 5) is 12.6. The fraction of sp³-hybridized carbons (Fsp3) is 0.0870. The van der Waals surface area contributed by atoms with Gasteiger partial charge in [-0.15, -0.1) is 10.2 Å². The van der Waals surface area contributed by atoms with Gasteiger partial charge >= 0.3 is 0 Å². The molecule has 1 heterocycles. The number of fused-ring (bicyclic) bond motifs is 1. The van der Waals surface area contributed by atoms with Crippen molar-refractivity contribution in [3.05, 3.63) is 84.7 Å². The van der Waals surface area contributed by atoms with E-state index in [-0.39, 0.29) is 5.91 Å². The van der Waals surface area contributed by atoms with E-state index < -0.39 is 11.1 Å². The summed E-state index contributed by atoms with van der Waals surface area (Å²) >= 11 is 1.33. The normalized spacial score (nSPS) is 11.9. The highest BCUT2D eigenvalue weighted by atomic mass is 32.2. The van der Waals surface area contributed by atoms with E-state index in [2.05, 4.69) is 15.5 Å². The molecule has 3 aromatic carbocycles. The van der Waals surface area contributed by atoms with Crippen LogP contribution in [0.4, 0.5) is 10.1 Å². The van der Waals surface area contributed by atoms with Gasteiger partial charge in [-0.25, -0.2) is 4.39 Å². The quantitative estimate of drug-likeness (QED) is 0.444. The fourth-order valence-corrected chi connectivity index (χ4v) is 3.90. The van der Waals surface area contributed by atoms with E-state index in [1.165, 1.54) is 23.9 Å². The molecule has 0 bridgehead atoms. The largest absolute Gasteiger partial charge is 0.325 e. The van der Waals surface area contributed by atoms with Crippen LogP contribution in [0.15, 0.2) is 83.9 Å². The number of rotatable bonds is 5. The number of amides is 1. The minimum absolute atomic E-state index is 0.224. The summed E-state index contributed by atoms with van der Waals surface area (Å²) in [6, 6.07) is 23.6. The standard InChI is InChI=1S/C23H18FN3OS/c1-15(22(28)25-18-11-7-10-17(24)14-18)29-23-20-13-6-5-12-19(20)21(26-27-23)16-8-3-2-4-9-16/h2-15H,1H3,(H,25,28)/t15-/m1/s1. The van der Waals surface area contributed by atoms with Crippen molar-refractivity contribution >= 4 is 34.1 Å². The van der Waals surface area contributed by atoms with Gasteiger partial charge in [-0.2, -0.15) is 0 Å². The fourth-order valence-electron chi connectivity index (χ4n) is 3.01. The maximum absolute atomic E-state index is 13.3. The lowest BCUT2D eigenvalue weighted by molar-refractivity contribution is -0.115. The number of thioether (sulfide) groups is 1. The summed E-state index contributed by atoms with van der Waals surface area (Å²) in [5.74, 6) is -0.616. The number of benzene rings is 3. The lowest BCUT2D eigenvalue weighted by atomic mass is 10.1. The maximum atomic E-state index is 13.3. The van der Waals surface area contributed by atoms with Crippen LogP contribution in [0, 0.1) is 5.82 Å². The predicted molar refractivity (Wildman–Crippen MR) is 115 cm³/mol. The number of nitrogens with one attached hydrogen (secondary N) is 1. The number of carbonyl (C=O) groups is 1. The van der Waals surface area contributed by atoms with Gasteiger partial charge in [0.15, 0.2) is 0 Å². The predicted octanol–water partition coefficient (Wildman–Crippen LogP) is 5.56. The van der Waals surface area contributed by atoms with Gasteiger partial charge in [0.1, 0.15) is 16.5 Å². The Morgan fingerprint density at radius 2 is 1.66 bits per heavy atom. The number of carbonyl (C=O) groups excluding carboxylic acids is 1. The van der Waals surface area contributed by atoms with Crippen LogP contribution in [-0.4, -0.2) is 21.4 Å².